The summed E-state index contributed by atoms with van der Waals surface area (Å²) in [4.78, 5) is 27.3. The third-order valence-electron chi connectivity index (χ3n) is 8.45. The van der Waals surface area contributed by atoms with E-state index in [9.17, 15) is 26.8 Å². The summed E-state index contributed by atoms with van der Waals surface area (Å²) >= 11 is 0. The molecule has 0 saturated heterocycles. The molecule has 0 heterocycles. The fraction of sp³-hybridized carbons (Fsp3) is 0.353. The van der Waals surface area contributed by atoms with Gasteiger partial charge >= 0.3 is 28.0 Å². The van der Waals surface area contributed by atoms with E-state index in [0.717, 1.165) is 38.2 Å². The zero-order valence-electron chi connectivity index (χ0n) is 24.6. The molecule has 45 heavy (non-hydrogen) atoms. The van der Waals surface area contributed by atoms with Crippen molar-refractivity contribution in [2.45, 2.75) is 64.6 Å². The summed E-state index contributed by atoms with van der Waals surface area (Å²) < 4.78 is 60.6. The van der Waals surface area contributed by atoms with Gasteiger partial charge in [0.05, 0.1) is 10.9 Å². The van der Waals surface area contributed by atoms with Crippen LogP contribution in [0.25, 0.3) is 0 Å². The number of hydrogen-bond acceptors (Lipinski definition) is 7. The van der Waals surface area contributed by atoms with Crippen molar-refractivity contribution in [1.82, 2.24) is 0 Å². The van der Waals surface area contributed by atoms with E-state index in [4.69, 9.17) is 9.47 Å². The van der Waals surface area contributed by atoms with Crippen LogP contribution in [0.3, 0.4) is 0 Å². The van der Waals surface area contributed by atoms with Gasteiger partial charge in [0, 0.05) is 11.5 Å². The van der Waals surface area contributed by atoms with Gasteiger partial charge in [0.1, 0.15) is 12.2 Å². The number of carbonyl (C=O) groups excluding carboxylic acids is 2. The Hall–Kier alpha value is -3.70. The van der Waals surface area contributed by atoms with Crippen molar-refractivity contribution in [2.75, 3.05) is 6.61 Å². The van der Waals surface area contributed by atoms with E-state index < -0.39 is 39.0 Å². The van der Waals surface area contributed by atoms with Crippen molar-refractivity contribution < 1.29 is 40.4 Å². The summed E-state index contributed by atoms with van der Waals surface area (Å²) in [5.74, 6) is -3.72. The first-order valence-electron chi connectivity index (χ1n) is 14.7. The highest BCUT2D eigenvalue weighted by Gasteiger charge is 2.60. The standard InChI is InChI=1S/C18H15S.C16H20F2O7S/c1-4-10-16(11-5-1)19(17-12-6-2-7-13-17)18-14-8-3-9-15-18;1-2-12(19)24-16-6-10-3-11(7-16)5-15(4-10,8-16)9-23-14(20)25-26(21,22)13(17)18/h1-15H;2,10-11,13H,1,3-9H2/q+1;. The van der Waals surface area contributed by atoms with Crippen LogP contribution in [0.4, 0.5) is 13.6 Å². The Balaban J connectivity index is 0.000000186. The maximum atomic E-state index is 12.3. The second kappa shape index (κ2) is 13.7. The number of alkyl halides is 2. The Kier molecular flexibility index (Phi) is 9.98. The highest BCUT2D eigenvalue weighted by atomic mass is 32.2. The molecule has 0 radical (unpaired) electrons. The molecule has 3 aromatic carbocycles. The van der Waals surface area contributed by atoms with Gasteiger partial charge in [-0.2, -0.15) is 17.2 Å². The Morgan fingerprint density at radius 1 is 0.844 bits per heavy atom. The fourth-order valence-corrected chi connectivity index (χ4v) is 9.77. The average Bonchev–Trinajstić information content (AvgIpc) is 3.01. The number of rotatable bonds is 9. The van der Waals surface area contributed by atoms with Crippen molar-refractivity contribution in [3.8, 4) is 0 Å². The Morgan fingerprint density at radius 2 is 1.31 bits per heavy atom. The molecule has 2 atom stereocenters. The number of carbonyl (C=O) groups is 2. The Labute approximate surface area is 265 Å². The minimum atomic E-state index is -5.30. The quantitative estimate of drug-likeness (QED) is 0.102. The monoisotopic (exact) mass is 657 g/mol. The molecule has 0 amide bonds. The number of ether oxygens (including phenoxy) is 2. The van der Waals surface area contributed by atoms with Crippen LogP contribution < -0.4 is 0 Å². The highest BCUT2D eigenvalue weighted by molar-refractivity contribution is 7.97. The molecule has 0 spiro atoms. The van der Waals surface area contributed by atoms with Gasteiger partial charge in [0.2, 0.25) is 0 Å². The van der Waals surface area contributed by atoms with Crippen LogP contribution in [0.5, 0.6) is 0 Å². The van der Waals surface area contributed by atoms with Gasteiger partial charge in [-0.1, -0.05) is 61.2 Å². The Bertz CT molecular complexity index is 1480. The summed E-state index contributed by atoms with van der Waals surface area (Å²) in [5.41, 5.74) is -1.11. The van der Waals surface area contributed by atoms with Crippen LogP contribution in [0, 0.1) is 17.3 Å². The molecule has 0 N–H and O–H groups in total. The predicted octanol–water partition coefficient (Wildman–Crippen LogP) is 7.54. The first kappa shape index (κ1) is 32.7. The molecule has 0 aliphatic heterocycles. The van der Waals surface area contributed by atoms with Crippen molar-refractivity contribution >= 4 is 33.1 Å². The van der Waals surface area contributed by atoms with E-state index in [-0.39, 0.29) is 17.5 Å². The van der Waals surface area contributed by atoms with E-state index in [0.29, 0.717) is 18.3 Å². The van der Waals surface area contributed by atoms with Gasteiger partial charge in [0.15, 0.2) is 14.7 Å². The van der Waals surface area contributed by atoms with Gasteiger partial charge in [-0.15, -0.1) is 0 Å². The van der Waals surface area contributed by atoms with Crippen LogP contribution in [0.2, 0.25) is 0 Å². The van der Waals surface area contributed by atoms with Gasteiger partial charge in [-0.3, -0.25) is 0 Å². The van der Waals surface area contributed by atoms with Crippen molar-refractivity contribution in [2.24, 2.45) is 17.3 Å². The number of benzene rings is 3. The molecule has 11 heteroatoms. The largest absolute Gasteiger partial charge is 0.524 e. The van der Waals surface area contributed by atoms with Crippen LogP contribution in [0.1, 0.15) is 38.5 Å². The first-order valence-corrected chi connectivity index (χ1v) is 17.3. The molecule has 7 nitrogen and oxygen atoms in total. The highest BCUT2D eigenvalue weighted by Crippen LogP contribution is 2.63. The molecule has 0 aromatic heterocycles. The zero-order valence-corrected chi connectivity index (χ0v) is 26.2. The third-order valence-corrected chi connectivity index (χ3v) is 11.5. The topological polar surface area (TPSA) is 96.0 Å². The molecule has 2 unspecified atom stereocenters. The van der Waals surface area contributed by atoms with E-state index in [1.807, 2.05) is 0 Å². The zero-order chi connectivity index (χ0) is 32.1. The minimum absolute atomic E-state index is 0.0146. The lowest BCUT2D eigenvalue weighted by Gasteiger charge is -2.60. The maximum Gasteiger partial charge on any atom is 0.524 e. The summed E-state index contributed by atoms with van der Waals surface area (Å²) in [6.07, 6.45) is 3.86. The summed E-state index contributed by atoms with van der Waals surface area (Å²) in [6, 6.07) is 32.2. The van der Waals surface area contributed by atoms with E-state index in [1.54, 1.807) is 0 Å². The van der Waals surface area contributed by atoms with Crippen molar-refractivity contribution in [3.05, 3.63) is 104 Å². The second-order valence-corrected chi connectivity index (χ2v) is 15.4. The molecule has 7 rings (SSSR count). The van der Waals surface area contributed by atoms with E-state index in [1.165, 1.54) is 14.7 Å². The van der Waals surface area contributed by atoms with Gasteiger partial charge in [-0.25, -0.2) is 9.59 Å². The molecule has 4 bridgehead atoms. The molecule has 4 aliphatic carbocycles. The first-order chi connectivity index (χ1) is 21.5. The lowest BCUT2D eigenvalue weighted by molar-refractivity contribution is -0.203. The summed E-state index contributed by atoms with van der Waals surface area (Å²) in [7, 11) is -5.31. The van der Waals surface area contributed by atoms with Crippen LogP contribution in [-0.2, 0) is 39.5 Å². The molecule has 4 saturated carbocycles. The van der Waals surface area contributed by atoms with Crippen molar-refractivity contribution in [1.29, 1.82) is 0 Å². The molecule has 238 valence electrons. The molecule has 4 fully saturated rings. The van der Waals surface area contributed by atoms with Gasteiger partial charge < -0.3 is 13.7 Å². The van der Waals surface area contributed by atoms with E-state index >= 15 is 0 Å². The van der Waals surface area contributed by atoms with Crippen LogP contribution in [0.15, 0.2) is 118 Å². The normalized spacial score (nSPS) is 24.8. The lowest BCUT2D eigenvalue weighted by Crippen LogP contribution is -2.58. The summed E-state index contributed by atoms with van der Waals surface area (Å²) in [5, 5.41) is 0. The fourth-order valence-electron chi connectivity index (χ4n) is 7.35. The van der Waals surface area contributed by atoms with Gasteiger partial charge in [-0.05, 0) is 86.8 Å². The smallest absolute Gasteiger partial charge is 0.456 e. The second-order valence-electron chi connectivity index (χ2n) is 11.9. The summed E-state index contributed by atoms with van der Waals surface area (Å²) in [6.45, 7) is 3.24. The van der Waals surface area contributed by atoms with Crippen molar-refractivity contribution in [3.63, 3.8) is 0 Å². The molecule has 3 aromatic rings. The van der Waals surface area contributed by atoms with Gasteiger partial charge in [0.25, 0.3) is 0 Å². The molecule has 4 aliphatic rings. The van der Waals surface area contributed by atoms with E-state index in [2.05, 4.69) is 102 Å². The third kappa shape index (κ3) is 7.94. The van der Waals surface area contributed by atoms with Crippen LogP contribution in [-0.4, -0.2) is 38.5 Å². The average molecular weight is 658 g/mol. The molecular formula is C34H35F2O7S2+. The Morgan fingerprint density at radius 3 is 1.73 bits per heavy atom. The van der Waals surface area contributed by atoms with Crippen LogP contribution >= 0.6 is 0 Å². The maximum absolute atomic E-state index is 12.3. The predicted molar refractivity (Wildman–Crippen MR) is 165 cm³/mol. The number of esters is 1. The SMILES string of the molecule is C=CC(=O)OC12CC3CC(CC(COC(=O)OS(=O)(=O)C(F)F)(C3)C1)C2.c1ccc([S+](c2ccccc2)c2ccccc2)cc1. The molecular weight excluding hydrogens is 622 g/mol. The number of hydrogen-bond donors (Lipinski definition) is 0. The lowest BCUT2D eigenvalue weighted by atomic mass is 9.48. The minimum Gasteiger partial charge on any atom is -0.456 e. The number of halogens is 2.